The van der Waals surface area contributed by atoms with Crippen LogP contribution in [0.5, 0.6) is 5.75 Å². The van der Waals surface area contributed by atoms with Crippen LogP contribution in [0.1, 0.15) is 31.1 Å². The van der Waals surface area contributed by atoms with Gasteiger partial charge in [-0.3, -0.25) is 0 Å². The van der Waals surface area contributed by atoms with Crippen LogP contribution in [-0.2, 0) is 5.41 Å². The van der Waals surface area contributed by atoms with Crippen molar-refractivity contribution >= 4 is 0 Å². The quantitative estimate of drug-likeness (QED) is 0.824. The van der Waals surface area contributed by atoms with Gasteiger partial charge in [-0.05, 0) is 23.3 Å². The van der Waals surface area contributed by atoms with Crippen LogP contribution >= 0.6 is 0 Å². The zero-order chi connectivity index (χ0) is 16.0. The van der Waals surface area contributed by atoms with Crippen molar-refractivity contribution in [1.29, 1.82) is 0 Å². The van der Waals surface area contributed by atoms with Crippen LogP contribution in [-0.4, -0.2) is 25.3 Å². The Balaban J connectivity index is 1.90. The van der Waals surface area contributed by atoms with Crippen molar-refractivity contribution in [3.05, 3.63) is 65.7 Å². The number of nitrogens with one attached hydrogen (secondary N) is 1. The number of rotatable bonds is 7. The Morgan fingerprint density at radius 1 is 1.09 bits per heavy atom. The van der Waals surface area contributed by atoms with Gasteiger partial charge < -0.3 is 15.2 Å². The molecule has 0 fully saturated rings. The Morgan fingerprint density at radius 3 is 2.50 bits per heavy atom. The van der Waals surface area contributed by atoms with Crippen LogP contribution in [0.15, 0.2) is 54.6 Å². The van der Waals surface area contributed by atoms with Crippen molar-refractivity contribution in [2.75, 3.05) is 20.2 Å². The first-order valence-electron chi connectivity index (χ1n) is 7.61. The van der Waals surface area contributed by atoms with Crippen LogP contribution < -0.4 is 10.1 Å². The third-order valence-corrected chi connectivity index (χ3v) is 3.94. The summed E-state index contributed by atoms with van der Waals surface area (Å²) in [6.07, 6.45) is -0.540. The fourth-order valence-electron chi connectivity index (χ4n) is 2.48. The summed E-state index contributed by atoms with van der Waals surface area (Å²) in [4.78, 5) is 0. The molecule has 22 heavy (non-hydrogen) atoms. The SMILES string of the molecule is COc1cccc(C(O)CNCC(C)(C)c2ccccc2)c1. The van der Waals surface area contributed by atoms with Gasteiger partial charge in [-0.25, -0.2) is 0 Å². The molecule has 3 nitrogen and oxygen atoms in total. The lowest BCUT2D eigenvalue weighted by Crippen LogP contribution is -2.35. The summed E-state index contributed by atoms with van der Waals surface area (Å²) in [5, 5.41) is 13.7. The van der Waals surface area contributed by atoms with Gasteiger partial charge >= 0.3 is 0 Å². The molecular formula is C19H25NO2. The van der Waals surface area contributed by atoms with Gasteiger partial charge in [0.15, 0.2) is 0 Å². The second-order valence-corrected chi connectivity index (χ2v) is 6.17. The number of hydrogen-bond donors (Lipinski definition) is 2. The molecule has 0 aliphatic rings. The molecule has 0 amide bonds. The second-order valence-electron chi connectivity index (χ2n) is 6.17. The maximum absolute atomic E-state index is 10.3. The molecule has 2 N–H and O–H groups in total. The number of aliphatic hydroxyl groups excluding tert-OH is 1. The first kappa shape index (κ1) is 16.5. The van der Waals surface area contributed by atoms with Gasteiger partial charge in [-0.1, -0.05) is 56.3 Å². The highest BCUT2D eigenvalue weighted by atomic mass is 16.5. The van der Waals surface area contributed by atoms with Crippen molar-refractivity contribution in [1.82, 2.24) is 5.32 Å². The van der Waals surface area contributed by atoms with E-state index >= 15 is 0 Å². The first-order valence-corrected chi connectivity index (χ1v) is 7.61. The summed E-state index contributed by atoms with van der Waals surface area (Å²) in [6, 6.07) is 18.0. The molecule has 0 aromatic heterocycles. The van der Waals surface area contributed by atoms with Crippen molar-refractivity contribution < 1.29 is 9.84 Å². The van der Waals surface area contributed by atoms with Crippen molar-refractivity contribution in [2.24, 2.45) is 0 Å². The third kappa shape index (κ3) is 4.33. The van der Waals surface area contributed by atoms with E-state index in [2.05, 4.69) is 43.4 Å². The number of methoxy groups -OCH3 is 1. The molecule has 2 aromatic carbocycles. The van der Waals surface area contributed by atoms with Gasteiger partial charge in [0, 0.05) is 18.5 Å². The number of aliphatic hydroxyl groups is 1. The predicted octanol–water partition coefficient (Wildman–Crippen LogP) is 3.30. The Labute approximate surface area is 133 Å². The van der Waals surface area contributed by atoms with E-state index in [1.807, 2.05) is 30.3 Å². The maximum atomic E-state index is 10.3. The molecule has 0 aliphatic heterocycles. The summed E-state index contributed by atoms with van der Waals surface area (Å²) >= 11 is 0. The molecule has 0 saturated heterocycles. The Hall–Kier alpha value is -1.84. The van der Waals surface area contributed by atoms with Gasteiger partial charge in [-0.2, -0.15) is 0 Å². The van der Waals surface area contributed by atoms with Crippen molar-refractivity contribution in [3.63, 3.8) is 0 Å². The predicted molar refractivity (Wildman–Crippen MR) is 90.3 cm³/mol. The average Bonchev–Trinajstić information content (AvgIpc) is 2.55. The first-order chi connectivity index (χ1) is 10.5. The molecule has 118 valence electrons. The van der Waals surface area contributed by atoms with Gasteiger partial charge in [0.2, 0.25) is 0 Å². The van der Waals surface area contributed by atoms with E-state index in [1.54, 1.807) is 7.11 Å². The molecule has 0 radical (unpaired) electrons. The summed E-state index contributed by atoms with van der Waals surface area (Å²) in [5.74, 6) is 0.765. The maximum Gasteiger partial charge on any atom is 0.119 e. The topological polar surface area (TPSA) is 41.5 Å². The molecule has 1 atom stereocenters. The van der Waals surface area contributed by atoms with E-state index in [-0.39, 0.29) is 5.41 Å². The largest absolute Gasteiger partial charge is 0.497 e. The zero-order valence-electron chi connectivity index (χ0n) is 13.5. The monoisotopic (exact) mass is 299 g/mol. The minimum absolute atomic E-state index is 0.0232. The van der Waals surface area contributed by atoms with Crippen LogP contribution in [0.4, 0.5) is 0 Å². The number of ether oxygens (including phenoxy) is 1. The zero-order valence-corrected chi connectivity index (χ0v) is 13.5. The van der Waals surface area contributed by atoms with Gasteiger partial charge in [0.1, 0.15) is 5.75 Å². The molecule has 1 unspecified atom stereocenters. The highest BCUT2D eigenvalue weighted by molar-refractivity contribution is 5.30. The Bertz CT molecular complexity index is 581. The molecule has 2 aromatic rings. The van der Waals surface area contributed by atoms with Gasteiger partial charge in [0.25, 0.3) is 0 Å². The summed E-state index contributed by atoms with van der Waals surface area (Å²) in [5.41, 5.74) is 2.18. The lowest BCUT2D eigenvalue weighted by Gasteiger charge is -2.26. The van der Waals surface area contributed by atoms with Crippen LogP contribution in [0.25, 0.3) is 0 Å². The Morgan fingerprint density at radius 2 is 1.82 bits per heavy atom. The molecule has 0 spiro atoms. The van der Waals surface area contributed by atoms with Crippen LogP contribution in [0, 0.1) is 0 Å². The summed E-state index contributed by atoms with van der Waals surface area (Å²) in [7, 11) is 1.63. The van der Waals surface area contributed by atoms with Crippen LogP contribution in [0.2, 0.25) is 0 Å². The fourth-order valence-corrected chi connectivity index (χ4v) is 2.48. The fraction of sp³-hybridized carbons (Fsp3) is 0.368. The summed E-state index contributed by atoms with van der Waals surface area (Å²) < 4.78 is 5.19. The van der Waals surface area contributed by atoms with Gasteiger partial charge in [-0.15, -0.1) is 0 Å². The van der Waals surface area contributed by atoms with Gasteiger partial charge in [0.05, 0.1) is 13.2 Å². The van der Waals surface area contributed by atoms with Crippen molar-refractivity contribution in [3.8, 4) is 5.75 Å². The molecule has 0 aliphatic carbocycles. The molecule has 2 rings (SSSR count). The third-order valence-electron chi connectivity index (χ3n) is 3.94. The average molecular weight is 299 g/mol. The van der Waals surface area contributed by atoms with Crippen molar-refractivity contribution in [2.45, 2.75) is 25.4 Å². The molecule has 0 saturated carbocycles. The lowest BCUT2D eigenvalue weighted by atomic mass is 9.84. The molecule has 0 heterocycles. The van der Waals surface area contributed by atoms with E-state index in [1.165, 1.54) is 5.56 Å². The summed E-state index contributed by atoms with van der Waals surface area (Å²) in [6.45, 7) is 5.72. The number of benzene rings is 2. The highest BCUT2D eigenvalue weighted by Gasteiger charge is 2.20. The van der Waals surface area contributed by atoms with E-state index in [0.29, 0.717) is 6.54 Å². The van der Waals surface area contributed by atoms with E-state index < -0.39 is 6.10 Å². The van der Waals surface area contributed by atoms with Crippen LogP contribution in [0.3, 0.4) is 0 Å². The number of hydrogen-bond acceptors (Lipinski definition) is 3. The molecule has 3 heteroatoms. The normalized spacial score (nSPS) is 12.9. The minimum Gasteiger partial charge on any atom is -0.497 e. The minimum atomic E-state index is -0.540. The van der Waals surface area contributed by atoms with E-state index in [0.717, 1.165) is 17.9 Å². The van der Waals surface area contributed by atoms with E-state index in [4.69, 9.17) is 4.74 Å². The standard InChI is InChI=1S/C19H25NO2/c1-19(2,16-9-5-4-6-10-16)14-20-13-18(21)15-8-7-11-17(12-15)22-3/h4-12,18,20-21H,13-14H2,1-3H3. The lowest BCUT2D eigenvalue weighted by molar-refractivity contribution is 0.172. The highest BCUT2D eigenvalue weighted by Crippen LogP contribution is 2.22. The van der Waals surface area contributed by atoms with E-state index in [9.17, 15) is 5.11 Å². The molecule has 0 bridgehead atoms. The second kappa shape index (κ2) is 7.43. The molecular weight excluding hydrogens is 274 g/mol. The Kier molecular flexibility index (Phi) is 5.58. The smallest absolute Gasteiger partial charge is 0.119 e.